The van der Waals surface area contributed by atoms with E-state index in [0.29, 0.717) is 27.7 Å². The summed E-state index contributed by atoms with van der Waals surface area (Å²) in [5.74, 6) is 1.04. The number of carbonyl (C=O) groups is 1. The molecule has 5 rings (SSSR count). The molecule has 5 aromatic rings. The lowest BCUT2D eigenvalue weighted by Crippen LogP contribution is -2.19. The first-order valence-corrected chi connectivity index (χ1v) is 11.6. The highest BCUT2D eigenvalue weighted by atomic mass is 35.5. The Bertz CT molecular complexity index is 1430. The summed E-state index contributed by atoms with van der Waals surface area (Å²) in [7, 11) is 0. The molecule has 4 aromatic carbocycles. The molecule has 36 heavy (non-hydrogen) atoms. The minimum absolute atomic E-state index is 0.341. The maximum absolute atomic E-state index is 13.5. The third kappa shape index (κ3) is 5.29. The van der Waals surface area contributed by atoms with Gasteiger partial charge in [-0.2, -0.15) is 9.78 Å². The molecular weight excluding hydrogens is 477 g/mol. The molecule has 1 N–H and O–H groups in total. The van der Waals surface area contributed by atoms with E-state index in [1.807, 2.05) is 43.3 Å². The molecule has 178 valence electrons. The predicted octanol–water partition coefficient (Wildman–Crippen LogP) is 8.19. The van der Waals surface area contributed by atoms with Gasteiger partial charge in [0.1, 0.15) is 23.0 Å². The highest BCUT2D eigenvalue weighted by Gasteiger charge is 2.17. The quantitative estimate of drug-likeness (QED) is 0.266. The summed E-state index contributed by atoms with van der Waals surface area (Å²) < 4.78 is 20.6. The first-order valence-electron chi connectivity index (χ1n) is 11.2. The number of hydrogen-bond donors (Lipinski definition) is 1. The van der Waals surface area contributed by atoms with Crippen LogP contribution in [0.1, 0.15) is 5.56 Å². The van der Waals surface area contributed by atoms with Crippen LogP contribution in [0.2, 0.25) is 5.02 Å². The van der Waals surface area contributed by atoms with Crippen LogP contribution in [0.4, 0.5) is 14.9 Å². The third-order valence-electron chi connectivity index (χ3n) is 5.56. The Kier molecular flexibility index (Phi) is 6.52. The van der Waals surface area contributed by atoms with E-state index < -0.39 is 6.03 Å². The zero-order valence-electron chi connectivity index (χ0n) is 19.3. The number of anilines is 1. The molecular formula is C29H21ClFN3O2. The maximum Gasteiger partial charge on any atom is 0.346 e. The maximum atomic E-state index is 13.5. The van der Waals surface area contributed by atoms with E-state index in [4.69, 9.17) is 16.3 Å². The van der Waals surface area contributed by atoms with Crippen molar-refractivity contribution >= 4 is 23.3 Å². The second kappa shape index (κ2) is 10.1. The number of carbonyl (C=O) groups excluding carboxylic acids is 1. The van der Waals surface area contributed by atoms with Crippen molar-refractivity contribution in [3.8, 4) is 33.9 Å². The van der Waals surface area contributed by atoms with Crippen LogP contribution < -0.4 is 10.1 Å². The van der Waals surface area contributed by atoms with Gasteiger partial charge in [0.2, 0.25) is 0 Å². The predicted molar refractivity (Wildman–Crippen MR) is 140 cm³/mol. The molecule has 0 aliphatic rings. The van der Waals surface area contributed by atoms with Crippen LogP contribution >= 0.6 is 11.6 Å². The SMILES string of the molecule is Cc1ccc(Oc2ccc(NC(=O)n3cc(-c4ccc(F)cc4)c(-c4ccc(Cl)cc4)n3)cc2)cc1. The Morgan fingerprint density at radius 3 is 2.06 bits per heavy atom. The van der Waals surface area contributed by atoms with Crippen LogP contribution in [0.3, 0.4) is 0 Å². The van der Waals surface area contributed by atoms with Crippen molar-refractivity contribution in [2.24, 2.45) is 0 Å². The number of amides is 1. The van der Waals surface area contributed by atoms with Crippen molar-refractivity contribution in [1.29, 1.82) is 0 Å². The van der Waals surface area contributed by atoms with Gasteiger partial charge in [0.05, 0.1) is 0 Å². The van der Waals surface area contributed by atoms with E-state index in [9.17, 15) is 9.18 Å². The molecule has 0 saturated carbocycles. The Labute approximate surface area is 212 Å². The summed E-state index contributed by atoms with van der Waals surface area (Å²) in [6, 6.07) is 27.6. The number of halogens is 2. The molecule has 5 nitrogen and oxygen atoms in total. The number of ether oxygens (including phenoxy) is 1. The fourth-order valence-electron chi connectivity index (χ4n) is 3.67. The first-order chi connectivity index (χ1) is 17.4. The van der Waals surface area contributed by atoms with Gasteiger partial charge < -0.3 is 10.1 Å². The summed E-state index contributed by atoms with van der Waals surface area (Å²) in [4.78, 5) is 13.0. The average molecular weight is 498 g/mol. The van der Waals surface area contributed by atoms with Crippen LogP contribution in [-0.2, 0) is 0 Å². The summed E-state index contributed by atoms with van der Waals surface area (Å²) in [6.07, 6.45) is 1.63. The van der Waals surface area contributed by atoms with E-state index >= 15 is 0 Å². The standard InChI is InChI=1S/C29H21ClFN3O2/c1-19-2-14-25(15-3-19)36-26-16-12-24(13-17-26)32-29(35)34-18-27(20-6-10-23(31)11-7-20)28(33-34)21-4-8-22(30)9-5-21/h2-18H,1H3,(H,32,35). The molecule has 1 heterocycles. The van der Waals surface area contributed by atoms with Gasteiger partial charge in [-0.15, -0.1) is 0 Å². The van der Waals surface area contributed by atoms with Crippen LogP contribution in [0.25, 0.3) is 22.4 Å². The normalized spacial score (nSPS) is 10.8. The molecule has 1 aromatic heterocycles. The molecule has 0 saturated heterocycles. The lowest BCUT2D eigenvalue weighted by Gasteiger charge is -2.08. The largest absolute Gasteiger partial charge is 0.457 e. The minimum Gasteiger partial charge on any atom is -0.457 e. The number of hydrogen-bond acceptors (Lipinski definition) is 3. The Balaban J connectivity index is 1.38. The molecule has 0 bridgehead atoms. The zero-order valence-corrected chi connectivity index (χ0v) is 20.0. The molecule has 0 radical (unpaired) electrons. The van der Waals surface area contributed by atoms with Crippen LogP contribution in [0.5, 0.6) is 11.5 Å². The summed E-state index contributed by atoms with van der Waals surface area (Å²) in [6.45, 7) is 2.02. The van der Waals surface area contributed by atoms with Gasteiger partial charge in [-0.25, -0.2) is 9.18 Å². The molecule has 0 atom stereocenters. The number of benzene rings is 4. The van der Waals surface area contributed by atoms with Crippen LogP contribution in [0.15, 0.2) is 103 Å². The van der Waals surface area contributed by atoms with Crippen LogP contribution in [-0.4, -0.2) is 15.8 Å². The summed E-state index contributed by atoms with van der Waals surface area (Å²) >= 11 is 6.04. The summed E-state index contributed by atoms with van der Waals surface area (Å²) in [5, 5.41) is 7.96. The van der Waals surface area contributed by atoms with Gasteiger partial charge in [0.15, 0.2) is 0 Å². The first kappa shape index (κ1) is 23.3. The van der Waals surface area contributed by atoms with Gasteiger partial charge in [-0.3, -0.25) is 0 Å². The van der Waals surface area contributed by atoms with Crippen LogP contribution in [0, 0.1) is 12.7 Å². The second-order valence-corrected chi connectivity index (χ2v) is 8.66. The van der Waals surface area contributed by atoms with E-state index in [1.165, 1.54) is 16.8 Å². The third-order valence-corrected chi connectivity index (χ3v) is 5.81. The Morgan fingerprint density at radius 1 is 0.833 bits per heavy atom. The molecule has 0 fully saturated rings. The van der Waals surface area contributed by atoms with E-state index in [0.717, 1.165) is 22.4 Å². The Morgan fingerprint density at radius 2 is 1.42 bits per heavy atom. The lowest BCUT2D eigenvalue weighted by atomic mass is 10.0. The number of aryl methyl sites for hydroxylation is 1. The Hall–Kier alpha value is -4.42. The molecule has 0 spiro atoms. The number of rotatable bonds is 5. The topological polar surface area (TPSA) is 56.1 Å². The monoisotopic (exact) mass is 497 g/mol. The number of aromatic nitrogens is 2. The molecule has 7 heteroatoms. The number of nitrogens with zero attached hydrogens (tertiary/aromatic N) is 2. The fourth-order valence-corrected chi connectivity index (χ4v) is 3.80. The van der Waals surface area contributed by atoms with Gasteiger partial charge in [-0.05, 0) is 73.2 Å². The van der Waals surface area contributed by atoms with Crippen molar-refractivity contribution in [2.75, 3.05) is 5.32 Å². The van der Waals surface area contributed by atoms with Crippen molar-refractivity contribution < 1.29 is 13.9 Å². The second-order valence-electron chi connectivity index (χ2n) is 8.22. The van der Waals surface area contributed by atoms with Gasteiger partial charge in [-0.1, -0.05) is 53.6 Å². The van der Waals surface area contributed by atoms with E-state index in [-0.39, 0.29) is 5.82 Å². The van der Waals surface area contributed by atoms with E-state index in [2.05, 4.69) is 10.4 Å². The van der Waals surface area contributed by atoms with Gasteiger partial charge >= 0.3 is 6.03 Å². The van der Waals surface area contributed by atoms with Crippen molar-refractivity contribution in [2.45, 2.75) is 6.92 Å². The minimum atomic E-state index is -0.439. The molecule has 0 unspecified atom stereocenters. The molecule has 0 aliphatic carbocycles. The average Bonchev–Trinajstić information content (AvgIpc) is 3.33. The molecule has 1 amide bonds. The zero-order chi connectivity index (χ0) is 25.1. The smallest absolute Gasteiger partial charge is 0.346 e. The van der Waals surface area contributed by atoms with Crippen molar-refractivity contribution in [1.82, 2.24) is 9.78 Å². The van der Waals surface area contributed by atoms with E-state index in [1.54, 1.807) is 54.7 Å². The van der Waals surface area contributed by atoms with Crippen molar-refractivity contribution in [3.63, 3.8) is 0 Å². The fraction of sp³-hybridized carbons (Fsp3) is 0.0345. The molecule has 0 aliphatic heterocycles. The van der Waals surface area contributed by atoms with Gasteiger partial charge in [0, 0.05) is 28.0 Å². The number of nitrogens with one attached hydrogen (secondary N) is 1. The lowest BCUT2D eigenvalue weighted by molar-refractivity contribution is 0.251. The van der Waals surface area contributed by atoms with Gasteiger partial charge in [0.25, 0.3) is 0 Å². The highest BCUT2D eigenvalue weighted by Crippen LogP contribution is 2.32. The highest BCUT2D eigenvalue weighted by molar-refractivity contribution is 6.30. The van der Waals surface area contributed by atoms with Crippen molar-refractivity contribution in [3.05, 3.63) is 120 Å². The summed E-state index contributed by atoms with van der Waals surface area (Å²) in [5.41, 5.74) is 4.52.